The first-order valence-corrected chi connectivity index (χ1v) is 1.80. The van der Waals surface area contributed by atoms with Crippen molar-refractivity contribution in [1.29, 1.82) is 0 Å². The fraction of sp³-hybridized carbons (Fsp3) is 0. The first-order chi connectivity index (χ1) is 1.73. The Hall–Kier alpha value is 1.26. The van der Waals surface area contributed by atoms with E-state index in [1.807, 2.05) is 0 Å². The van der Waals surface area contributed by atoms with E-state index in [0.29, 0.717) is 0 Å². The van der Waals surface area contributed by atoms with Crippen molar-refractivity contribution in [3.8, 4) is 0 Å². The van der Waals surface area contributed by atoms with Crippen LogP contribution in [-0.2, 0) is 17.1 Å². The number of hydrogen-bond donors (Lipinski definition) is 3. The molecular weight excluding hydrogens is 165 g/mol. The Kier molecular flexibility index (Phi) is 24.9. The Labute approximate surface area is 50.9 Å². The summed E-state index contributed by atoms with van der Waals surface area (Å²) in [5.41, 5.74) is 0. The van der Waals surface area contributed by atoms with Crippen molar-refractivity contribution in [3.63, 3.8) is 0 Å². The minimum atomic E-state index is -2.62. The van der Waals surface area contributed by atoms with Gasteiger partial charge in [-0.25, -0.2) is 0 Å². The molecule has 0 heterocycles. The molecule has 6 heavy (non-hydrogen) atoms. The van der Waals surface area contributed by atoms with Gasteiger partial charge in [-0.15, -0.1) is 0 Å². The molecule has 0 amide bonds. The van der Waals surface area contributed by atoms with Crippen LogP contribution in [0.4, 0.5) is 0 Å². The molecule has 1 atom stereocenters. The predicted octanol–water partition coefficient (Wildman–Crippen LogP) is -0.754. The third-order valence-electron chi connectivity index (χ3n) is 0. The molecule has 0 aromatic rings. The topological polar surface area (TPSA) is 60.7 Å². The molecular formula is H6MnO3P2. The van der Waals surface area contributed by atoms with Gasteiger partial charge >= 0.3 is 8.60 Å². The third-order valence-corrected chi connectivity index (χ3v) is 0. The van der Waals surface area contributed by atoms with Crippen molar-refractivity contribution < 1.29 is 31.7 Å². The standard InChI is InChI=1S/Mn.H3O3P.H3P/c;1-4(2)3;/h;1-3H;1H3. The average molecular weight is 171 g/mol. The van der Waals surface area contributed by atoms with E-state index in [0.717, 1.165) is 0 Å². The first-order valence-electron chi connectivity index (χ1n) is 0.600. The molecule has 1 unspecified atom stereocenters. The quantitative estimate of drug-likeness (QED) is 0.331. The van der Waals surface area contributed by atoms with Gasteiger partial charge in [0.25, 0.3) is 0 Å². The third kappa shape index (κ3) is 60.2. The molecule has 0 aliphatic rings. The summed E-state index contributed by atoms with van der Waals surface area (Å²) < 4.78 is 0. The Morgan fingerprint density at radius 2 is 1.00 bits per heavy atom. The van der Waals surface area contributed by atoms with Gasteiger partial charge < -0.3 is 14.7 Å². The molecule has 3 nitrogen and oxygen atoms in total. The van der Waals surface area contributed by atoms with E-state index in [2.05, 4.69) is 0 Å². The van der Waals surface area contributed by atoms with E-state index >= 15 is 0 Å². The molecule has 0 rings (SSSR count). The number of rotatable bonds is 0. The fourth-order valence-electron chi connectivity index (χ4n) is 0. The van der Waals surface area contributed by atoms with E-state index in [9.17, 15) is 0 Å². The SMILES string of the molecule is OP(O)O.P.[Mn]. The molecule has 0 saturated heterocycles. The maximum absolute atomic E-state index is 7.23. The summed E-state index contributed by atoms with van der Waals surface area (Å²) in [6.07, 6.45) is 0. The summed E-state index contributed by atoms with van der Waals surface area (Å²) in [7, 11) is -2.62. The average Bonchev–Trinajstić information content (AvgIpc) is 0.811. The second-order valence-electron chi connectivity index (χ2n) is 0.268. The van der Waals surface area contributed by atoms with E-state index in [-0.39, 0.29) is 27.0 Å². The minimum absolute atomic E-state index is 0. The molecule has 0 aromatic carbocycles. The summed E-state index contributed by atoms with van der Waals surface area (Å²) in [5.74, 6) is 0. The van der Waals surface area contributed by atoms with Gasteiger partial charge in [0.1, 0.15) is 0 Å². The van der Waals surface area contributed by atoms with Crippen molar-refractivity contribution in [3.05, 3.63) is 0 Å². The van der Waals surface area contributed by atoms with Crippen LogP contribution in [0.1, 0.15) is 0 Å². The van der Waals surface area contributed by atoms with E-state index < -0.39 is 8.60 Å². The predicted molar refractivity (Wildman–Crippen MR) is 24.7 cm³/mol. The van der Waals surface area contributed by atoms with Crippen molar-refractivity contribution in [1.82, 2.24) is 0 Å². The minimum Gasteiger partial charge on any atom is -0.328 e. The summed E-state index contributed by atoms with van der Waals surface area (Å²) in [6, 6.07) is 0. The van der Waals surface area contributed by atoms with Gasteiger partial charge in [-0.3, -0.25) is 0 Å². The van der Waals surface area contributed by atoms with Crippen LogP contribution < -0.4 is 0 Å². The van der Waals surface area contributed by atoms with Crippen LogP contribution in [0.15, 0.2) is 0 Å². The van der Waals surface area contributed by atoms with Crippen LogP contribution >= 0.6 is 18.5 Å². The van der Waals surface area contributed by atoms with Crippen molar-refractivity contribution >= 4 is 18.5 Å². The monoisotopic (exact) mass is 171 g/mol. The molecule has 3 N–H and O–H groups in total. The van der Waals surface area contributed by atoms with Crippen LogP contribution in [0.3, 0.4) is 0 Å². The zero-order chi connectivity index (χ0) is 3.58. The Bertz CT molecular complexity index is 13.5. The van der Waals surface area contributed by atoms with Crippen LogP contribution in [0.2, 0.25) is 0 Å². The Morgan fingerprint density at radius 3 is 1.00 bits per heavy atom. The molecule has 6 heteroatoms. The molecule has 0 aromatic heterocycles. The molecule has 0 saturated carbocycles. The van der Waals surface area contributed by atoms with Gasteiger partial charge in [-0.1, -0.05) is 0 Å². The van der Waals surface area contributed by atoms with Gasteiger partial charge in [0.15, 0.2) is 0 Å². The van der Waals surface area contributed by atoms with Crippen molar-refractivity contribution in [2.45, 2.75) is 0 Å². The summed E-state index contributed by atoms with van der Waals surface area (Å²) in [4.78, 5) is 21.7. The number of hydrogen-bond acceptors (Lipinski definition) is 3. The van der Waals surface area contributed by atoms with Crippen LogP contribution in [0.25, 0.3) is 0 Å². The van der Waals surface area contributed by atoms with Gasteiger partial charge in [-0.2, -0.15) is 9.90 Å². The fourth-order valence-corrected chi connectivity index (χ4v) is 0. The van der Waals surface area contributed by atoms with E-state index in [1.165, 1.54) is 0 Å². The molecule has 1 radical (unpaired) electrons. The van der Waals surface area contributed by atoms with Gasteiger partial charge in [0.05, 0.1) is 0 Å². The van der Waals surface area contributed by atoms with Gasteiger partial charge in [0.2, 0.25) is 0 Å². The normalized spacial score (nSPS) is 6.00. The zero-order valence-electron chi connectivity index (χ0n) is 2.87. The molecule has 0 spiro atoms. The zero-order valence-corrected chi connectivity index (χ0v) is 6.36. The largest absolute Gasteiger partial charge is 0.328 e. The second kappa shape index (κ2) is 9.54. The summed E-state index contributed by atoms with van der Waals surface area (Å²) in [6.45, 7) is 0. The molecule has 41 valence electrons. The van der Waals surface area contributed by atoms with Crippen LogP contribution in [0.5, 0.6) is 0 Å². The van der Waals surface area contributed by atoms with Gasteiger partial charge in [-0.05, 0) is 0 Å². The van der Waals surface area contributed by atoms with Gasteiger partial charge in [0, 0.05) is 17.1 Å². The smallest absolute Gasteiger partial charge is 0.324 e. The van der Waals surface area contributed by atoms with Crippen molar-refractivity contribution in [2.24, 2.45) is 0 Å². The molecule has 0 aliphatic carbocycles. The first kappa shape index (κ1) is 15.7. The molecule has 0 fully saturated rings. The maximum atomic E-state index is 7.23. The Morgan fingerprint density at radius 1 is 1.00 bits per heavy atom. The van der Waals surface area contributed by atoms with E-state index in [4.69, 9.17) is 14.7 Å². The second-order valence-corrected chi connectivity index (χ2v) is 0.805. The van der Waals surface area contributed by atoms with E-state index in [1.54, 1.807) is 0 Å². The summed E-state index contributed by atoms with van der Waals surface area (Å²) in [5, 5.41) is 0. The maximum Gasteiger partial charge on any atom is 0.324 e. The molecule has 0 aliphatic heterocycles. The summed E-state index contributed by atoms with van der Waals surface area (Å²) >= 11 is 0. The van der Waals surface area contributed by atoms with Crippen LogP contribution in [-0.4, -0.2) is 14.7 Å². The van der Waals surface area contributed by atoms with Crippen LogP contribution in [0, 0.1) is 0 Å². The van der Waals surface area contributed by atoms with Crippen molar-refractivity contribution in [2.75, 3.05) is 0 Å². The Balaban J connectivity index is -0.0000000450. The molecule has 0 bridgehead atoms.